The monoisotopic (exact) mass is 361 g/mol. The van der Waals surface area contributed by atoms with Crippen molar-refractivity contribution in [2.75, 3.05) is 0 Å². The van der Waals surface area contributed by atoms with Crippen molar-refractivity contribution < 1.29 is 19.9 Å². The van der Waals surface area contributed by atoms with Crippen LogP contribution in [0.25, 0.3) is 0 Å². The lowest BCUT2D eigenvalue weighted by atomic mass is 10.2. The first-order chi connectivity index (χ1) is 11.7. The molecule has 5 aliphatic heterocycles. The van der Waals surface area contributed by atoms with Crippen LogP contribution in [0.2, 0.25) is 0 Å². The van der Waals surface area contributed by atoms with E-state index in [1.54, 1.807) is 0 Å². The molecule has 0 aliphatic carbocycles. The third kappa shape index (κ3) is 1.49. The maximum atomic E-state index is 11.6. The zero-order valence-electron chi connectivity index (χ0n) is 12.1. The van der Waals surface area contributed by atoms with Crippen molar-refractivity contribution >= 4 is 6.41 Å². The van der Waals surface area contributed by atoms with Crippen LogP contribution in [0.4, 0.5) is 0 Å². The normalized spacial score (nSPS) is 39.3. The van der Waals surface area contributed by atoms with Gasteiger partial charge in [-0.1, -0.05) is 15.0 Å². The van der Waals surface area contributed by atoms with Gasteiger partial charge >= 0.3 is 0 Å². The van der Waals surface area contributed by atoms with E-state index in [0.717, 1.165) is 14.9 Å². The van der Waals surface area contributed by atoms with Crippen molar-refractivity contribution in [3.05, 3.63) is 30.3 Å². The minimum Gasteiger partial charge on any atom is -0.288 e. The summed E-state index contributed by atoms with van der Waals surface area (Å²) in [5.74, 6) is 11.8. The van der Waals surface area contributed by atoms with E-state index in [-0.39, 0.29) is 6.41 Å². The van der Waals surface area contributed by atoms with E-state index < -0.39 is 52.1 Å². The number of hydrogen-bond acceptors (Lipinski definition) is 11. The second-order valence-electron chi connectivity index (χ2n) is 5.78. The summed E-state index contributed by atoms with van der Waals surface area (Å²) in [5.41, 5.74) is 0. The third-order valence-electron chi connectivity index (χ3n) is 4.95. The Labute approximate surface area is 136 Å². The van der Waals surface area contributed by atoms with Gasteiger partial charge in [-0.25, -0.2) is 30.3 Å². The molecular formula is C7H11N11O7. The van der Waals surface area contributed by atoms with E-state index in [1.165, 1.54) is 0 Å². The predicted molar refractivity (Wildman–Crippen MR) is 69.2 cm³/mol. The molecule has 0 radical (unpaired) electrons. The molecule has 5 fully saturated rings. The zero-order chi connectivity index (χ0) is 18.4. The molecule has 0 spiro atoms. The first-order valence-electron chi connectivity index (χ1n) is 6.80. The number of rotatable bonds is 4. The van der Waals surface area contributed by atoms with Crippen LogP contribution in [0.3, 0.4) is 0 Å². The van der Waals surface area contributed by atoms with Crippen molar-refractivity contribution in [2.45, 2.75) is 37.0 Å². The van der Waals surface area contributed by atoms with E-state index in [2.05, 4.69) is 0 Å². The molecule has 0 saturated carbocycles. The topological polar surface area (TPSA) is 218 Å². The maximum Gasteiger partial charge on any atom is 0.262 e. The van der Waals surface area contributed by atoms with Crippen LogP contribution in [0.5, 0.6) is 0 Å². The second kappa shape index (κ2) is 4.50. The number of hydrogen-bond donors (Lipinski definition) is 2. The Morgan fingerprint density at radius 2 is 1.04 bits per heavy atom. The average molecular weight is 361 g/mol. The molecule has 136 valence electrons. The largest absolute Gasteiger partial charge is 0.288 e. The van der Waals surface area contributed by atoms with Crippen molar-refractivity contribution in [3.8, 4) is 0 Å². The number of piperazine rings is 1. The van der Waals surface area contributed by atoms with Gasteiger partial charge in [-0.05, 0) is 0 Å². The highest BCUT2D eigenvalue weighted by Crippen LogP contribution is 2.48. The molecule has 1 amide bonds. The van der Waals surface area contributed by atoms with Gasteiger partial charge < -0.3 is 0 Å². The van der Waals surface area contributed by atoms with Crippen LogP contribution in [-0.4, -0.2) is 88.4 Å². The van der Waals surface area contributed by atoms with Gasteiger partial charge in [0.15, 0.2) is 21.3 Å². The minimum absolute atomic E-state index is 0.164. The molecule has 6 atom stereocenters. The summed E-state index contributed by atoms with van der Waals surface area (Å²) < 4.78 is 0. The molecule has 18 nitrogen and oxygen atoms in total. The summed E-state index contributed by atoms with van der Waals surface area (Å²) in [6.45, 7) is 0. The summed E-state index contributed by atoms with van der Waals surface area (Å²) in [6, 6.07) is 0. The van der Waals surface area contributed by atoms with Gasteiger partial charge in [-0.3, -0.25) is 21.4 Å². The first-order valence-corrected chi connectivity index (χ1v) is 6.80. The summed E-state index contributed by atoms with van der Waals surface area (Å²) in [6.07, 6.45) is -8.61. The molecule has 5 heterocycles. The lowest BCUT2D eigenvalue weighted by molar-refractivity contribution is -0.727. The molecule has 0 aromatic heterocycles. The highest BCUT2D eigenvalue weighted by molar-refractivity contribution is 5.50. The van der Waals surface area contributed by atoms with Crippen LogP contribution in [-0.2, 0) is 4.79 Å². The summed E-state index contributed by atoms with van der Waals surface area (Å²) >= 11 is 0. The SMILES string of the molecule is NN1C2C3N(C=O)C4C(N2N)N([N+](=O)[O-])C(C1N3[N+](=O)[O-])N4[N+](=O)[O-]. The highest BCUT2D eigenvalue weighted by Gasteiger charge is 2.81. The van der Waals surface area contributed by atoms with Crippen molar-refractivity contribution in [1.29, 1.82) is 0 Å². The summed E-state index contributed by atoms with van der Waals surface area (Å²) in [7, 11) is 0. The quantitative estimate of drug-likeness (QED) is 0.208. The van der Waals surface area contributed by atoms with Gasteiger partial charge in [0.1, 0.15) is 6.17 Å². The molecule has 6 bridgehead atoms. The molecule has 0 aromatic carbocycles. The minimum atomic E-state index is -1.75. The molecule has 4 N–H and O–H groups in total. The Balaban J connectivity index is 2.01. The number of nitrogens with zero attached hydrogens (tertiary/aromatic N) is 9. The smallest absolute Gasteiger partial charge is 0.262 e. The van der Waals surface area contributed by atoms with Crippen molar-refractivity contribution in [1.82, 2.24) is 29.9 Å². The van der Waals surface area contributed by atoms with Crippen LogP contribution >= 0.6 is 0 Å². The molecule has 25 heavy (non-hydrogen) atoms. The molecule has 5 rings (SSSR count). The standard InChI is InChI=1S/C7H11N11O7/c8-11-4-2-10(1-19)3-5(11)15(18(24)25)7(14(3)17(22)23)6(12(4)9)13(2)16(20)21/h1-7H,8-9H2. The number of nitrogens with two attached hydrogens (primary N) is 2. The Bertz CT molecular complexity index is 690. The molecule has 5 aliphatic rings. The predicted octanol–water partition coefficient (Wildman–Crippen LogP) is -4.71. The van der Waals surface area contributed by atoms with E-state index in [0.29, 0.717) is 15.0 Å². The summed E-state index contributed by atoms with van der Waals surface area (Å²) in [4.78, 5) is 47.0. The van der Waals surface area contributed by atoms with E-state index >= 15 is 0 Å². The molecule has 6 unspecified atom stereocenters. The van der Waals surface area contributed by atoms with Gasteiger partial charge in [0.05, 0.1) is 0 Å². The number of carbonyl (C=O) groups is 1. The van der Waals surface area contributed by atoms with Gasteiger partial charge in [0.2, 0.25) is 24.9 Å². The van der Waals surface area contributed by atoms with Gasteiger partial charge in [-0.2, -0.15) is 10.0 Å². The zero-order valence-corrected chi connectivity index (χ0v) is 12.1. The van der Waals surface area contributed by atoms with Crippen LogP contribution < -0.4 is 11.7 Å². The Morgan fingerprint density at radius 1 is 0.680 bits per heavy atom. The Hall–Kier alpha value is -3.09. The Morgan fingerprint density at radius 3 is 1.48 bits per heavy atom. The van der Waals surface area contributed by atoms with Crippen LogP contribution in [0.1, 0.15) is 0 Å². The van der Waals surface area contributed by atoms with E-state index in [1.807, 2.05) is 0 Å². The lowest BCUT2D eigenvalue weighted by Gasteiger charge is -2.46. The fraction of sp³-hybridized carbons (Fsp3) is 0.857. The number of hydrazine groups is 5. The lowest BCUT2D eigenvalue weighted by Crippen LogP contribution is -2.76. The first kappa shape index (κ1) is 15.4. The molecule has 0 aromatic rings. The second-order valence-corrected chi connectivity index (χ2v) is 5.78. The van der Waals surface area contributed by atoms with E-state index in [4.69, 9.17) is 11.7 Å². The molecular weight excluding hydrogens is 350 g/mol. The summed E-state index contributed by atoms with van der Waals surface area (Å²) in [5, 5.41) is 34.8. The number of amides is 1. The number of nitro groups is 3. The Kier molecular flexibility index (Phi) is 2.78. The highest BCUT2D eigenvalue weighted by atomic mass is 16.7. The fourth-order valence-corrected chi connectivity index (χ4v) is 4.21. The van der Waals surface area contributed by atoms with Crippen LogP contribution in [0, 0.1) is 30.3 Å². The van der Waals surface area contributed by atoms with Crippen molar-refractivity contribution in [3.63, 3.8) is 0 Å². The maximum absolute atomic E-state index is 11.6. The molecule has 18 heteroatoms. The van der Waals surface area contributed by atoms with Gasteiger partial charge in [-0.15, -0.1) is 0 Å². The third-order valence-corrected chi connectivity index (χ3v) is 4.95. The van der Waals surface area contributed by atoms with Gasteiger partial charge in [0.25, 0.3) is 6.17 Å². The molecule has 5 saturated heterocycles. The van der Waals surface area contributed by atoms with E-state index in [9.17, 15) is 35.1 Å². The van der Waals surface area contributed by atoms with Gasteiger partial charge in [0, 0.05) is 0 Å². The average Bonchev–Trinajstić information content (AvgIpc) is 2.95. The van der Waals surface area contributed by atoms with Crippen LogP contribution in [0.15, 0.2) is 0 Å². The number of carbonyl (C=O) groups excluding carboxylic acids is 1. The fourth-order valence-electron chi connectivity index (χ4n) is 4.21. The van der Waals surface area contributed by atoms with Crippen molar-refractivity contribution in [2.24, 2.45) is 11.7 Å².